The number of hydrogen-bond donors (Lipinski definition) is 1. The standard InChI is InChI=1S/C17H18Cl2.C16H10Br2F6N2O/c1-17(2,3)14-7-4-12(5-8-14)10-13-6-9-15(18)11-16(13)19;1-6-11(19)10(16(22,23)24)12(20)13(21)14(6)26-25-5-7-3-8(17)4-9(18)15(7)27-2/h4-9,11H,10H2,1-3H3;3-5,26H,1-2H3/b;25-5+. The molecular formula is C33H28Br2Cl2F6N2O. The van der Waals surface area contributed by atoms with Crippen LogP contribution in [-0.2, 0) is 18.0 Å². The molecule has 0 radical (unpaired) electrons. The predicted molar refractivity (Wildman–Crippen MR) is 180 cm³/mol. The van der Waals surface area contributed by atoms with Crippen molar-refractivity contribution in [3.05, 3.63) is 124 Å². The van der Waals surface area contributed by atoms with Crippen LogP contribution in [0.4, 0.5) is 32.0 Å². The molecule has 0 amide bonds. The molecule has 0 bridgehead atoms. The number of rotatable bonds is 6. The van der Waals surface area contributed by atoms with Crippen LogP contribution in [0.5, 0.6) is 5.75 Å². The average molecular weight is 813 g/mol. The molecule has 3 nitrogen and oxygen atoms in total. The molecule has 0 aliphatic carbocycles. The van der Waals surface area contributed by atoms with Crippen LogP contribution in [0.15, 0.2) is 68.6 Å². The van der Waals surface area contributed by atoms with Crippen LogP contribution in [-0.4, -0.2) is 13.3 Å². The SMILES string of the molecule is CC(C)(C)c1ccc(Cc2ccc(Cl)cc2Cl)cc1.COc1c(Br)cc(Br)cc1/C=N/Nc1c(C)c(F)c(C(F)(F)F)c(F)c1F. The van der Waals surface area contributed by atoms with E-state index in [1.165, 1.54) is 18.2 Å². The van der Waals surface area contributed by atoms with Gasteiger partial charge in [-0.1, -0.05) is 90.2 Å². The van der Waals surface area contributed by atoms with Gasteiger partial charge in [0.25, 0.3) is 0 Å². The van der Waals surface area contributed by atoms with E-state index in [0.29, 0.717) is 25.3 Å². The monoisotopic (exact) mass is 810 g/mol. The number of nitrogens with zero attached hydrogens (tertiary/aromatic N) is 1. The highest BCUT2D eigenvalue weighted by atomic mass is 79.9. The normalized spacial score (nSPS) is 11.8. The zero-order chi connectivity index (χ0) is 34.6. The van der Waals surface area contributed by atoms with E-state index in [0.717, 1.165) is 30.1 Å². The molecule has 0 saturated heterocycles. The summed E-state index contributed by atoms with van der Waals surface area (Å²) in [5.41, 5.74) is 2.45. The summed E-state index contributed by atoms with van der Waals surface area (Å²) in [6.45, 7) is 7.54. The molecule has 0 saturated carbocycles. The van der Waals surface area contributed by atoms with Crippen LogP contribution in [0.25, 0.3) is 0 Å². The Morgan fingerprint density at radius 3 is 2.07 bits per heavy atom. The van der Waals surface area contributed by atoms with Crippen molar-refractivity contribution in [3.63, 3.8) is 0 Å². The molecule has 0 unspecified atom stereocenters. The molecule has 0 atom stereocenters. The minimum atomic E-state index is -5.38. The first kappa shape index (κ1) is 37.7. The fourth-order valence-electron chi connectivity index (χ4n) is 4.22. The third-order valence-corrected chi connectivity index (χ3v) is 8.32. The molecule has 4 aromatic carbocycles. The van der Waals surface area contributed by atoms with Gasteiger partial charge < -0.3 is 4.74 Å². The second-order valence-electron chi connectivity index (χ2n) is 11.1. The van der Waals surface area contributed by atoms with E-state index in [9.17, 15) is 26.3 Å². The predicted octanol–water partition coefficient (Wildman–Crippen LogP) is 12.3. The Balaban J connectivity index is 0.000000266. The fourth-order valence-corrected chi connectivity index (χ4v) is 6.12. The summed E-state index contributed by atoms with van der Waals surface area (Å²) in [7, 11) is 1.39. The number of ether oxygens (including phenoxy) is 1. The second kappa shape index (κ2) is 15.4. The van der Waals surface area contributed by atoms with Gasteiger partial charge in [-0.05, 0) is 75.6 Å². The molecule has 46 heavy (non-hydrogen) atoms. The summed E-state index contributed by atoms with van der Waals surface area (Å²) in [6.07, 6.45) is -3.39. The van der Waals surface area contributed by atoms with Gasteiger partial charge in [-0.15, -0.1) is 0 Å². The summed E-state index contributed by atoms with van der Waals surface area (Å²) in [4.78, 5) is 0. The molecule has 0 fully saturated rings. The van der Waals surface area contributed by atoms with Crippen molar-refractivity contribution in [2.75, 3.05) is 12.5 Å². The lowest BCUT2D eigenvalue weighted by atomic mass is 9.86. The lowest BCUT2D eigenvalue weighted by molar-refractivity contribution is -0.142. The van der Waals surface area contributed by atoms with Crippen LogP contribution in [0, 0.1) is 24.4 Å². The van der Waals surface area contributed by atoms with Crippen molar-refractivity contribution < 1.29 is 31.1 Å². The van der Waals surface area contributed by atoms with Crippen LogP contribution in [0.1, 0.15) is 54.2 Å². The Kier molecular flexibility index (Phi) is 12.7. The molecule has 0 aromatic heterocycles. The first-order valence-electron chi connectivity index (χ1n) is 13.4. The maximum atomic E-state index is 14.0. The molecular weight excluding hydrogens is 785 g/mol. The number of methoxy groups -OCH3 is 1. The Morgan fingerprint density at radius 1 is 0.891 bits per heavy atom. The van der Waals surface area contributed by atoms with Gasteiger partial charge in [0.05, 0.1) is 17.8 Å². The summed E-state index contributed by atoms with van der Waals surface area (Å²) in [6, 6.07) is 17.7. The molecule has 0 spiro atoms. The molecule has 4 rings (SSSR count). The van der Waals surface area contributed by atoms with E-state index in [1.807, 2.05) is 17.6 Å². The van der Waals surface area contributed by atoms with Gasteiger partial charge >= 0.3 is 6.18 Å². The van der Waals surface area contributed by atoms with Gasteiger partial charge in [-0.2, -0.15) is 18.3 Å². The van der Waals surface area contributed by atoms with Gasteiger partial charge in [-0.25, -0.2) is 13.2 Å². The smallest absolute Gasteiger partial charge is 0.422 e. The highest BCUT2D eigenvalue weighted by Gasteiger charge is 2.41. The first-order valence-corrected chi connectivity index (χ1v) is 15.8. The van der Waals surface area contributed by atoms with Gasteiger partial charge in [0.1, 0.15) is 22.8 Å². The van der Waals surface area contributed by atoms with Crippen molar-refractivity contribution in [2.24, 2.45) is 5.10 Å². The average Bonchev–Trinajstić information content (AvgIpc) is 2.94. The third-order valence-electron chi connectivity index (χ3n) is 6.69. The molecule has 246 valence electrons. The minimum absolute atomic E-state index is 0.191. The quantitative estimate of drug-likeness (QED) is 0.0911. The Hall–Kier alpha value is -2.73. The van der Waals surface area contributed by atoms with E-state index in [1.54, 1.807) is 18.2 Å². The van der Waals surface area contributed by atoms with E-state index < -0.39 is 40.4 Å². The molecule has 0 heterocycles. The van der Waals surface area contributed by atoms with Gasteiger partial charge in [0.15, 0.2) is 11.6 Å². The fraction of sp³-hybridized carbons (Fsp3) is 0.242. The van der Waals surface area contributed by atoms with Crippen LogP contribution in [0.2, 0.25) is 10.0 Å². The number of benzene rings is 4. The van der Waals surface area contributed by atoms with Gasteiger partial charge in [-0.3, -0.25) is 5.43 Å². The highest BCUT2D eigenvalue weighted by molar-refractivity contribution is 9.11. The number of anilines is 1. The van der Waals surface area contributed by atoms with Crippen molar-refractivity contribution in [1.82, 2.24) is 0 Å². The molecule has 0 aliphatic heterocycles. The zero-order valence-corrected chi connectivity index (χ0v) is 29.8. The highest BCUT2D eigenvalue weighted by Crippen LogP contribution is 2.39. The lowest BCUT2D eigenvalue weighted by Gasteiger charge is -2.19. The van der Waals surface area contributed by atoms with Crippen molar-refractivity contribution >= 4 is 67.0 Å². The number of alkyl halides is 3. The number of hydrazone groups is 1. The summed E-state index contributed by atoms with van der Waals surface area (Å²) in [5.74, 6) is -5.78. The Labute approximate surface area is 290 Å². The molecule has 0 aliphatic rings. The third kappa shape index (κ3) is 9.42. The summed E-state index contributed by atoms with van der Waals surface area (Å²) < 4.78 is 86.2. The molecule has 4 aromatic rings. The Bertz CT molecular complexity index is 1710. The molecule has 1 N–H and O–H groups in total. The second-order valence-corrected chi connectivity index (χ2v) is 13.7. The van der Waals surface area contributed by atoms with Gasteiger partial charge in [0, 0.05) is 25.6 Å². The first-order chi connectivity index (χ1) is 21.3. The zero-order valence-electron chi connectivity index (χ0n) is 25.1. The number of nitrogens with one attached hydrogen (secondary N) is 1. The van der Waals surface area contributed by atoms with Crippen LogP contribution in [0.3, 0.4) is 0 Å². The Morgan fingerprint density at radius 2 is 1.52 bits per heavy atom. The maximum Gasteiger partial charge on any atom is 0.422 e. The topological polar surface area (TPSA) is 33.6 Å². The van der Waals surface area contributed by atoms with Crippen molar-refractivity contribution in [1.29, 1.82) is 0 Å². The van der Waals surface area contributed by atoms with Crippen LogP contribution < -0.4 is 10.2 Å². The van der Waals surface area contributed by atoms with E-state index in [4.69, 9.17) is 27.9 Å². The lowest BCUT2D eigenvalue weighted by Crippen LogP contribution is -2.16. The largest absolute Gasteiger partial charge is 0.495 e. The van der Waals surface area contributed by atoms with Crippen LogP contribution >= 0.6 is 55.1 Å². The van der Waals surface area contributed by atoms with Gasteiger partial charge in [0.2, 0.25) is 0 Å². The summed E-state index contributed by atoms with van der Waals surface area (Å²) >= 11 is 18.6. The van der Waals surface area contributed by atoms with Crippen molar-refractivity contribution in [3.8, 4) is 5.75 Å². The number of hydrogen-bond acceptors (Lipinski definition) is 3. The molecule has 13 heteroatoms. The van der Waals surface area contributed by atoms with E-state index in [2.05, 4.69) is 82.0 Å². The maximum absolute atomic E-state index is 14.0. The van der Waals surface area contributed by atoms with Crippen molar-refractivity contribution in [2.45, 2.75) is 45.7 Å². The van der Waals surface area contributed by atoms with E-state index >= 15 is 0 Å². The number of halogens is 10. The minimum Gasteiger partial charge on any atom is -0.495 e. The summed E-state index contributed by atoms with van der Waals surface area (Å²) in [5, 5.41) is 5.05. The van der Waals surface area contributed by atoms with E-state index in [-0.39, 0.29) is 5.41 Å².